The van der Waals surface area contributed by atoms with Crippen LogP contribution in [0.15, 0.2) is 24.3 Å². The van der Waals surface area contributed by atoms with Crippen LogP contribution >= 0.6 is 0 Å². The fourth-order valence-electron chi connectivity index (χ4n) is 2.76. The third kappa shape index (κ3) is 4.21. The van der Waals surface area contributed by atoms with Gasteiger partial charge >= 0.3 is 5.97 Å². The standard InChI is InChI=1S/C16H21NO4/c1-21-14-5-3-2-4-13(14)11-15(18)17-8-6-12(7-9-17)10-16(19)20/h2-5,12H,6-11H2,1H3,(H,19,20). The van der Waals surface area contributed by atoms with Crippen LogP contribution in [0.4, 0.5) is 0 Å². The molecule has 0 atom stereocenters. The van der Waals surface area contributed by atoms with Gasteiger partial charge in [-0.05, 0) is 24.8 Å². The number of para-hydroxylation sites is 1. The molecule has 0 bridgehead atoms. The van der Waals surface area contributed by atoms with Crippen LogP contribution in [0, 0.1) is 5.92 Å². The molecule has 0 aromatic heterocycles. The first kappa shape index (κ1) is 15.4. The average Bonchev–Trinajstić information content (AvgIpc) is 2.48. The normalized spacial score (nSPS) is 15.8. The number of benzene rings is 1. The fraction of sp³-hybridized carbons (Fsp3) is 0.500. The quantitative estimate of drug-likeness (QED) is 0.900. The maximum atomic E-state index is 12.3. The van der Waals surface area contributed by atoms with Crippen molar-refractivity contribution in [3.63, 3.8) is 0 Å². The summed E-state index contributed by atoms with van der Waals surface area (Å²) in [4.78, 5) is 24.8. The number of hydrogen-bond acceptors (Lipinski definition) is 3. The van der Waals surface area contributed by atoms with Gasteiger partial charge < -0.3 is 14.7 Å². The van der Waals surface area contributed by atoms with Gasteiger partial charge in [-0.1, -0.05) is 18.2 Å². The van der Waals surface area contributed by atoms with Crippen molar-refractivity contribution >= 4 is 11.9 Å². The number of rotatable bonds is 5. The Morgan fingerprint density at radius 2 is 1.95 bits per heavy atom. The molecule has 1 aromatic carbocycles. The molecule has 0 saturated carbocycles. The summed E-state index contributed by atoms with van der Waals surface area (Å²) in [6.45, 7) is 1.29. The van der Waals surface area contributed by atoms with Gasteiger partial charge in [0.15, 0.2) is 0 Å². The summed E-state index contributed by atoms with van der Waals surface area (Å²) >= 11 is 0. The fourth-order valence-corrected chi connectivity index (χ4v) is 2.76. The highest BCUT2D eigenvalue weighted by Crippen LogP contribution is 2.23. The predicted octanol–water partition coefficient (Wildman–Crippen LogP) is 1.95. The zero-order valence-corrected chi connectivity index (χ0v) is 12.2. The Hall–Kier alpha value is -2.04. The Kier molecular flexibility index (Phi) is 5.20. The molecule has 0 radical (unpaired) electrons. The van der Waals surface area contributed by atoms with Gasteiger partial charge in [-0.3, -0.25) is 9.59 Å². The Labute approximate surface area is 124 Å². The lowest BCUT2D eigenvalue weighted by Gasteiger charge is -2.31. The average molecular weight is 291 g/mol. The van der Waals surface area contributed by atoms with Crippen molar-refractivity contribution < 1.29 is 19.4 Å². The lowest BCUT2D eigenvalue weighted by Crippen LogP contribution is -2.39. The summed E-state index contributed by atoms with van der Waals surface area (Å²) in [5, 5.41) is 8.80. The maximum Gasteiger partial charge on any atom is 0.303 e. The minimum atomic E-state index is -0.756. The van der Waals surface area contributed by atoms with Crippen LogP contribution < -0.4 is 4.74 Å². The van der Waals surface area contributed by atoms with Crippen LogP contribution in [0.3, 0.4) is 0 Å². The molecule has 5 heteroatoms. The molecule has 114 valence electrons. The number of amides is 1. The Bertz CT molecular complexity index is 507. The van der Waals surface area contributed by atoms with Crippen LogP contribution in [0.1, 0.15) is 24.8 Å². The number of carbonyl (C=O) groups is 2. The van der Waals surface area contributed by atoms with Crippen molar-refractivity contribution in [2.75, 3.05) is 20.2 Å². The number of likely N-dealkylation sites (tertiary alicyclic amines) is 1. The smallest absolute Gasteiger partial charge is 0.303 e. The van der Waals surface area contributed by atoms with Crippen LogP contribution in [0.2, 0.25) is 0 Å². The van der Waals surface area contributed by atoms with Gasteiger partial charge in [-0.15, -0.1) is 0 Å². The van der Waals surface area contributed by atoms with E-state index < -0.39 is 5.97 Å². The van der Waals surface area contributed by atoms with Crippen molar-refractivity contribution in [2.24, 2.45) is 5.92 Å². The first-order valence-electron chi connectivity index (χ1n) is 7.21. The molecule has 1 heterocycles. The summed E-state index contributed by atoms with van der Waals surface area (Å²) in [5.41, 5.74) is 0.887. The molecule has 1 aliphatic rings. The zero-order valence-electron chi connectivity index (χ0n) is 12.2. The first-order chi connectivity index (χ1) is 10.1. The molecule has 0 unspecified atom stereocenters. The Balaban J connectivity index is 1.89. The van der Waals surface area contributed by atoms with Gasteiger partial charge in [-0.25, -0.2) is 0 Å². The highest BCUT2D eigenvalue weighted by Gasteiger charge is 2.24. The number of piperidine rings is 1. The number of carboxylic acid groups (broad SMARTS) is 1. The molecule has 1 aliphatic heterocycles. The number of hydrogen-bond donors (Lipinski definition) is 1. The van der Waals surface area contributed by atoms with E-state index in [-0.39, 0.29) is 18.2 Å². The molecular formula is C16H21NO4. The number of carbonyl (C=O) groups excluding carboxylic acids is 1. The summed E-state index contributed by atoms with van der Waals surface area (Å²) < 4.78 is 5.26. The van der Waals surface area contributed by atoms with E-state index in [0.717, 1.165) is 24.2 Å². The van der Waals surface area contributed by atoms with Crippen LogP contribution in [-0.4, -0.2) is 42.1 Å². The molecule has 5 nitrogen and oxygen atoms in total. The summed E-state index contributed by atoms with van der Waals surface area (Å²) in [6.07, 6.45) is 2.07. The summed E-state index contributed by atoms with van der Waals surface area (Å²) in [6, 6.07) is 7.52. The summed E-state index contributed by atoms with van der Waals surface area (Å²) in [7, 11) is 1.60. The lowest BCUT2D eigenvalue weighted by molar-refractivity contribution is -0.138. The molecule has 21 heavy (non-hydrogen) atoms. The molecule has 2 rings (SSSR count). The predicted molar refractivity (Wildman–Crippen MR) is 78.3 cm³/mol. The molecule has 1 aromatic rings. The van der Waals surface area contributed by atoms with E-state index in [2.05, 4.69) is 0 Å². The number of carboxylic acids is 1. The van der Waals surface area contributed by atoms with E-state index in [1.807, 2.05) is 29.2 Å². The van der Waals surface area contributed by atoms with E-state index in [1.165, 1.54) is 0 Å². The number of methoxy groups -OCH3 is 1. The highest BCUT2D eigenvalue weighted by molar-refractivity contribution is 5.79. The zero-order chi connectivity index (χ0) is 15.2. The van der Waals surface area contributed by atoms with Crippen molar-refractivity contribution in [1.29, 1.82) is 0 Å². The summed E-state index contributed by atoms with van der Waals surface area (Å²) in [5.74, 6) is 0.242. The van der Waals surface area contributed by atoms with Gasteiger partial charge in [-0.2, -0.15) is 0 Å². The molecule has 1 N–H and O–H groups in total. The van der Waals surface area contributed by atoms with Gasteiger partial charge in [0.05, 0.1) is 13.5 Å². The molecular weight excluding hydrogens is 270 g/mol. The minimum absolute atomic E-state index is 0.0771. The Morgan fingerprint density at radius 1 is 1.29 bits per heavy atom. The van der Waals surface area contributed by atoms with Crippen molar-refractivity contribution in [3.8, 4) is 5.75 Å². The first-order valence-corrected chi connectivity index (χ1v) is 7.21. The molecule has 0 aliphatic carbocycles. The topological polar surface area (TPSA) is 66.8 Å². The minimum Gasteiger partial charge on any atom is -0.496 e. The van der Waals surface area contributed by atoms with E-state index in [1.54, 1.807) is 7.11 Å². The third-order valence-electron chi connectivity index (χ3n) is 3.96. The highest BCUT2D eigenvalue weighted by atomic mass is 16.5. The van der Waals surface area contributed by atoms with Crippen molar-refractivity contribution in [3.05, 3.63) is 29.8 Å². The molecule has 1 fully saturated rings. The number of aliphatic carboxylic acids is 1. The van der Waals surface area contributed by atoms with Crippen LogP contribution in [-0.2, 0) is 16.0 Å². The number of nitrogens with zero attached hydrogens (tertiary/aromatic N) is 1. The second-order valence-corrected chi connectivity index (χ2v) is 5.41. The molecule has 0 spiro atoms. The van der Waals surface area contributed by atoms with E-state index >= 15 is 0 Å². The van der Waals surface area contributed by atoms with Gasteiger partial charge in [0.25, 0.3) is 0 Å². The third-order valence-corrected chi connectivity index (χ3v) is 3.96. The van der Waals surface area contributed by atoms with E-state index in [0.29, 0.717) is 19.5 Å². The second-order valence-electron chi connectivity index (χ2n) is 5.41. The van der Waals surface area contributed by atoms with E-state index in [9.17, 15) is 9.59 Å². The van der Waals surface area contributed by atoms with E-state index in [4.69, 9.17) is 9.84 Å². The van der Waals surface area contributed by atoms with Crippen molar-refractivity contribution in [1.82, 2.24) is 4.90 Å². The second kappa shape index (κ2) is 7.11. The maximum absolute atomic E-state index is 12.3. The SMILES string of the molecule is COc1ccccc1CC(=O)N1CCC(CC(=O)O)CC1. The largest absolute Gasteiger partial charge is 0.496 e. The lowest BCUT2D eigenvalue weighted by atomic mass is 9.93. The van der Waals surface area contributed by atoms with Crippen LogP contribution in [0.5, 0.6) is 5.75 Å². The van der Waals surface area contributed by atoms with Gasteiger partial charge in [0.1, 0.15) is 5.75 Å². The van der Waals surface area contributed by atoms with Gasteiger partial charge in [0, 0.05) is 25.1 Å². The van der Waals surface area contributed by atoms with Crippen molar-refractivity contribution in [2.45, 2.75) is 25.7 Å². The van der Waals surface area contributed by atoms with Crippen LogP contribution in [0.25, 0.3) is 0 Å². The molecule has 1 saturated heterocycles. The number of ether oxygens (including phenoxy) is 1. The van der Waals surface area contributed by atoms with Gasteiger partial charge in [0.2, 0.25) is 5.91 Å². The molecule has 1 amide bonds. The Morgan fingerprint density at radius 3 is 2.57 bits per heavy atom. The monoisotopic (exact) mass is 291 g/mol.